The third kappa shape index (κ3) is 4.78. The van der Waals surface area contributed by atoms with Crippen molar-refractivity contribution in [3.8, 4) is 0 Å². The quantitative estimate of drug-likeness (QED) is 0.716. The molecule has 11 heteroatoms. The molecule has 0 bridgehead atoms. The largest absolute Gasteiger partial charge is 0.452 e. The number of ether oxygens (including phenoxy) is 1. The van der Waals surface area contributed by atoms with Gasteiger partial charge in [-0.1, -0.05) is 16.8 Å². The maximum atomic E-state index is 12.0. The van der Waals surface area contributed by atoms with Gasteiger partial charge in [0.15, 0.2) is 6.61 Å². The Bertz CT molecular complexity index is 909. The van der Waals surface area contributed by atoms with E-state index in [1.165, 1.54) is 25.2 Å². The minimum atomic E-state index is -3.84. The van der Waals surface area contributed by atoms with Crippen LogP contribution in [0, 0.1) is 6.92 Å². The summed E-state index contributed by atoms with van der Waals surface area (Å²) < 4.78 is 35.4. The second-order valence-corrected chi connectivity index (χ2v) is 7.07. The van der Waals surface area contributed by atoms with Crippen molar-refractivity contribution >= 4 is 39.4 Å². The molecule has 0 fully saturated rings. The second-order valence-electron chi connectivity index (χ2n) is 4.81. The lowest BCUT2D eigenvalue weighted by molar-refractivity contribution is -0.119. The van der Waals surface area contributed by atoms with Gasteiger partial charge < -0.3 is 9.26 Å². The SMILES string of the molecule is CNS(=O)(=O)c1cc(C(=O)OCC(=O)Nc2cc(C)no2)ccc1Cl. The Morgan fingerprint density at radius 2 is 2.04 bits per heavy atom. The summed E-state index contributed by atoms with van der Waals surface area (Å²) in [5.74, 6) is -1.40. The molecule has 0 aliphatic carbocycles. The average molecular weight is 388 g/mol. The smallest absolute Gasteiger partial charge is 0.338 e. The standard InChI is InChI=1S/C14H14ClN3O6S/c1-8-5-13(24-18-8)17-12(19)7-23-14(20)9-3-4-10(15)11(6-9)25(21,22)16-2/h3-6,16H,7H2,1-2H3,(H,17,19). The van der Waals surface area contributed by atoms with Crippen LogP contribution in [0.25, 0.3) is 0 Å². The highest BCUT2D eigenvalue weighted by Gasteiger charge is 2.19. The number of nitrogens with one attached hydrogen (secondary N) is 2. The summed E-state index contributed by atoms with van der Waals surface area (Å²) in [6.07, 6.45) is 0. The number of nitrogens with zero attached hydrogens (tertiary/aromatic N) is 1. The lowest BCUT2D eigenvalue weighted by Gasteiger charge is -2.08. The molecule has 2 N–H and O–H groups in total. The molecule has 0 spiro atoms. The molecule has 1 aromatic carbocycles. The van der Waals surface area contributed by atoms with Crippen molar-refractivity contribution in [3.05, 3.63) is 40.5 Å². The minimum Gasteiger partial charge on any atom is -0.452 e. The number of hydrogen-bond donors (Lipinski definition) is 2. The highest BCUT2D eigenvalue weighted by atomic mass is 35.5. The van der Waals surface area contributed by atoms with Gasteiger partial charge in [0.1, 0.15) is 4.90 Å². The number of sulfonamides is 1. The summed E-state index contributed by atoms with van der Waals surface area (Å²) in [5.41, 5.74) is 0.508. The number of hydrogen-bond acceptors (Lipinski definition) is 7. The van der Waals surface area contributed by atoms with E-state index in [2.05, 4.69) is 15.2 Å². The van der Waals surface area contributed by atoms with Crippen LogP contribution in [-0.4, -0.2) is 39.1 Å². The van der Waals surface area contributed by atoms with Gasteiger partial charge in [-0.2, -0.15) is 0 Å². The third-order valence-electron chi connectivity index (χ3n) is 2.95. The van der Waals surface area contributed by atoms with Gasteiger partial charge in [0, 0.05) is 6.07 Å². The first-order valence-electron chi connectivity index (χ1n) is 6.86. The predicted molar refractivity (Wildman–Crippen MR) is 87.8 cm³/mol. The predicted octanol–water partition coefficient (Wildman–Crippen LogP) is 1.34. The molecule has 0 saturated carbocycles. The Hall–Kier alpha value is -2.43. The van der Waals surface area contributed by atoms with Crippen molar-refractivity contribution < 1.29 is 27.3 Å². The van der Waals surface area contributed by atoms with E-state index in [-0.39, 0.29) is 21.4 Å². The number of amides is 1. The van der Waals surface area contributed by atoms with E-state index in [1.54, 1.807) is 6.92 Å². The molecule has 9 nitrogen and oxygen atoms in total. The van der Waals surface area contributed by atoms with Gasteiger partial charge in [-0.15, -0.1) is 0 Å². The van der Waals surface area contributed by atoms with Gasteiger partial charge in [-0.3, -0.25) is 10.1 Å². The van der Waals surface area contributed by atoms with Crippen molar-refractivity contribution in [2.24, 2.45) is 0 Å². The number of benzene rings is 1. The number of carbonyl (C=O) groups is 2. The molecule has 1 aromatic heterocycles. The number of carbonyl (C=O) groups excluding carboxylic acids is 2. The fraction of sp³-hybridized carbons (Fsp3) is 0.214. The van der Waals surface area contributed by atoms with E-state index < -0.39 is 28.5 Å². The highest BCUT2D eigenvalue weighted by Crippen LogP contribution is 2.22. The van der Waals surface area contributed by atoms with Crippen LogP contribution in [0.15, 0.2) is 33.7 Å². The molecule has 0 aliphatic heterocycles. The molecule has 0 aliphatic rings. The molecular weight excluding hydrogens is 374 g/mol. The Kier molecular flexibility index (Phi) is 5.77. The maximum Gasteiger partial charge on any atom is 0.338 e. The highest BCUT2D eigenvalue weighted by molar-refractivity contribution is 7.89. The summed E-state index contributed by atoms with van der Waals surface area (Å²) in [7, 11) is -2.63. The summed E-state index contributed by atoms with van der Waals surface area (Å²) in [6, 6.07) is 5.10. The van der Waals surface area contributed by atoms with Crippen LogP contribution < -0.4 is 10.0 Å². The van der Waals surface area contributed by atoms with Crippen molar-refractivity contribution in [3.63, 3.8) is 0 Å². The fourth-order valence-corrected chi connectivity index (χ4v) is 3.01. The van der Waals surface area contributed by atoms with Gasteiger partial charge in [-0.05, 0) is 32.2 Å². The number of aromatic nitrogens is 1. The van der Waals surface area contributed by atoms with Crippen molar-refractivity contribution in [1.82, 2.24) is 9.88 Å². The van der Waals surface area contributed by atoms with E-state index in [1.807, 2.05) is 0 Å². The van der Waals surface area contributed by atoms with Crippen molar-refractivity contribution in [2.45, 2.75) is 11.8 Å². The molecule has 1 heterocycles. The molecule has 2 aromatic rings. The zero-order valence-electron chi connectivity index (χ0n) is 13.2. The topological polar surface area (TPSA) is 128 Å². The third-order valence-corrected chi connectivity index (χ3v) is 4.85. The molecule has 25 heavy (non-hydrogen) atoms. The number of esters is 1. The monoisotopic (exact) mass is 387 g/mol. The summed E-state index contributed by atoms with van der Waals surface area (Å²) in [4.78, 5) is 23.4. The molecular formula is C14H14ClN3O6S. The molecule has 0 radical (unpaired) electrons. The molecule has 2 rings (SSSR count). The molecule has 134 valence electrons. The maximum absolute atomic E-state index is 12.0. The fourth-order valence-electron chi connectivity index (χ4n) is 1.76. The Balaban J connectivity index is 2.03. The summed E-state index contributed by atoms with van der Waals surface area (Å²) in [6.45, 7) is 1.09. The molecule has 1 amide bonds. The summed E-state index contributed by atoms with van der Waals surface area (Å²) in [5, 5.41) is 5.89. The van der Waals surface area contributed by atoms with Gasteiger partial charge in [0.25, 0.3) is 5.91 Å². The lowest BCUT2D eigenvalue weighted by atomic mass is 10.2. The lowest BCUT2D eigenvalue weighted by Crippen LogP contribution is -2.22. The first-order valence-corrected chi connectivity index (χ1v) is 8.72. The van der Waals surface area contributed by atoms with Crippen LogP contribution in [0.1, 0.15) is 16.1 Å². The van der Waals surface area contributed by atoms with E-state index in [0.29, 0.717) is 5.69 Å². The first kappa shape index (κ1) is 18.9. The zero-order chi connectivity index (χ0) is 18.6. The zero-order valence-corrected chi connectivity index (χ0v) is 14.8. The van der Waals surface area contributed by atoms with Crippen LogP contribution in [0.5, 0.6) is 0 Å². The molecule has 0 unspecified atom stereocenters. The Labute approximate surface area is 148 Å². The Morgan fingerprint density at radius 1 is 1.32 bits per heavy atom. The van der Waals surface area contributed by atoms with Gasteiger partial charge in [0.2, 0.25) is 15.9 Å². The second kappa shape index (κ2) is 7.64. The van der Waals surface area contributed by atoms with E-state index >= 15 is 0 Å². The first-order chi connectivity index (χ1) is 11.7. The summed E-state index contributed by atoms with van der Waals surface area (Å²) >= 11 is 5.83. The average Bonchev–Trinajstić information content (AvgIpc) is 2.97. The van der Waals surface area contributed by atoms with Crippen LogP contribution in [0.3, 0.4) is 0 Å². The van der Waals surface area contributed by atoms with Gasteiger partial charge in [-0.25, -0.2) is 17.9 Å². The number of rotatable bonds is 6. The minimum absolute atomic E-state index is 0.0515. The van der Waals surface area contributed by atoms with Gasteiger partial charge >= 0.3 is 5.97 Å². The van der Waals surface area contributed by atoms with Crippen molar-refractivity contribution in [2.75, 3.05) is 19.0 Å². The molecule has 0 atom stereocenters. The van der Waals surface area contributed by atoms with Gasteiger partial charge in [0.05, 0.1) is 16.3 Å². The van der Waals surface area contributed by atoms with E-state index in [4.69, 9.17) is 20.9 Å². The van der Waals surface area contributed by atoms with Crippen LogP contribution in [-0.2, 0) is 19.6 Å². The number of halogens is 1. The van der Waals surface area contributed by atoms with Crippen LogP contribution in [0.4, 0.5) is 5.88 Å². The number of anilines is 1. The molecule has 0 saturated heterocycles. The normalized spacial score (nSPS) is 11.2. The Morgan fingerprint density at radius 3 is 2.64 bits per heavy atom. The van der Waals surface area contributed by atoms with Crippen LogP contribution in [0.2, 0.25) is 5.02 Å². The van der Waals surface area contributed by atoms with E-state index in [9.17, 15) is 18.0 Å². The van der Waals surface area contributed by atoms with Crippen LogP contribution >= 0.6 is 11.6 Å². The number of aryl methyl sites for hydroxylation is 1. The van der Waals surface area contributed by atoms with E-state index in [0.717, 1.165) is 6.07 Å². The van der Waals surface area contributed by atoms with Crippen molar-refractivity contribution in [1.29, 1.82) is 0 Å².